The van der Waals surface area contributed by atoms with E-state index >= 15 is 0 Å². The minimum absolute atomic E-state index is 0.104. The summed E-state index contributed by atoms with van der Waals surface area (Å²) in [6, 6.07) is 9.12. The number of phenolic OH excluding ortho intramolecular Hbond substituents is 1. The van der Waals surface area contributed by atoms with Crippen molar-refractivity contribution in [2.75, 3.05) is 20.2 Å². The van der Waals surface area contributed by atoms with Gasteiger partial charge in [-0.3, -0.25) is 0 Å². The quantitative estimate of drug-likeness (QED) is 0.739. The molecule has 2 atom stereocenters. The van der Waals surface area contributed by atoms with Crippen LogP contribution in [0.1, 0.15) is 29.9 Å². The van der Waals surface area contributed by atoms with Crippen LogP contribution in [0.25, 0.3) is 11.3 Å². The number of pyridine rings is 1. The Hall–Kier alpha value is -2.04. The summed E-state index contributed by atoms with van der Waals surface area (Å²) in [4.78, 5) is 17.6. The topological polar surface area (TPSA) is 82.9 Å². The number of likely N-dealkylation sites (tertiary alicyclic amines) is 1. The summed E-state index contributed by atoms with van der Waals surface area (Å²) in [6.07, 6.45) is 0.887. The fraction of sp³-hybridized carbons (Fsp3) is 0.368. The van der Waals surface area contributed by atoms with Crippen LogP contribution >= 0.6 is 0 Å². The number of aromatic nitrogens is 1. The fourth-order valence-electron chi connectivity index (χ4n) is 3.51. The molecule has 26 heavy (non-hydrogen) atoms. The predicted octanol–water partition coefficient (Wildman–Crippen LogP) is 1.72. The molecule has 1 fully saturated rings. The fourth-order valence-corrected chi connectivity index (χ4v) is 4.33. The van der Waals surface area contributed by atoms with E-state index in [0.29, 0.717) is 31.0 Å². The number of ether oxygens (including phenoxy) is 1. The van der Waals surface area contributed by atoms with Crippen molar-refractivity contribution in [1.82, 2.24) is 9.88 Å². The van der Waals surface area contributed by atoms with Crippen LogP contribution < -0.4 is 4.48 Å². The molecule has 0 radical (unpaired) electrons. The van der Waals surface area contributed by atoms with Crippen LogP contribution in [-0.4, -0.2) is 63.2 Å². The van der Waals surface area contributed by atoms with Gasteiger partial charge in [-0.25, -0.2) is 0 Å². The van der Waals surface area contributed by atoms with Gasteiger partial charge in [0.25, 0.3) is 0 Å². The number of piperidine rings is 1. The third-order valence-electron chi connectivity index (χ3n) is 4.79. The average Bonchev–Trinajstić information content (AvgIpc) is 2.64. The predicted molar refractivity (Wildman–Crippen MR) is 102 cm³/mol. The normalized spacial score (nSPS) is 17.3. The number of hydrogen-bond donors (Lipinski definition) is 2. The molecule has 1 aliphatic heterocycles. The SMILES string of the molecule is COCc1c(C2CCCN(C(=O)O)C2)cc(-c2ccccc2O)nc1[AsH2]. The zero-order valence-corrected chi connectivity index (χ0v) is 17.1. The number of amides is 1. The first-order valence-corrected chi connectivity index (χ1v) is 9.76. The number of hydrogen-bond acceptors (Lipinski definition) is 4. The van der Waals surface area contributed by atoms with E-state index < -0.39 is 6.09 Å². The first-order valence-electron chi connectivity index (χ1n) is 8.55. The van der Waals surface area contributed by atoms with Crippen molar-refractivity contribution in [3.05, 3.63) is 41.5 Å². The van der Waals surface area contributed by atoms with E-state index in [9.17, 15) is 15.0 Å². The molecule has 7 heteroatoms. The van der Waals surface area contributed by atoms with Gasteiger partial charge in [-0.05, 0) is 0 Å². The van der Waals surface area contributed by atoms with Crippen molar-refractivity contribution in [2.24, 2.45) is 0 Å². The third kappa shape index (κ3) is 3.86. The van der Waals surface area contributed by atoms with Crippen LogP contribution in [0.15, 0.2) is 30.3 Å². The van der Waals surface area contributed by atoms with Crippen molar-refractivity contribution in [2.45, 2.75) is 25.4 Å². The van der Waals surface area contributed by atoms with Crippen LogP contribution in [0.5, 0.6) is 5.75 Å². The zero-order chi connectivity index (χ0) is 18.7. The van der Waals surface area contributed by atoms with Gasteiger partial charge in [-0.1, -0.05) is 0 Å². The molecule has 2 unspecified atom stereocenters. The Morgan fingerprint density at radius 3 is 2.88 bits per heavy atom. The van der Waals surface area contributed by atoms with Crippen molar-refractivity contribution in [3.8, 4) is 17.0 Å². The van der Waals surface area contributed by atoms with Gasteiger partial charge in [-0.15, -0.1) is 0 Å². The molecule has 0 spiro atoms. The number of carboxylic acid groups (broad SMARTS) is 1. The summed E-state index contributed by atoms with van der Waals surface area (Å²) in [6.45, 7) is 1.50. The Morgan fingerprint density at radius 1 is 1.42 bits per heavy atom. The van der Waals surface area contributed by atoms with Crippen LogP contribution in [0, 0.1) is 0 Å². The van der Waals surface area contributed by atoms with Gasteiger partial charge < -0.3 is 0 Å². The van der Waals surface area contributed by atoms with E-state index in [0.717, 1.165) is 28.5 Å². The second kappa shape index (κ2) is 8.10. The van der Waals surface area contributed by atoms with Crippen LogP contribution in [0.3, 0.4) is 0 Å². The molecule has 1 amide bonds. The number of aromatic hydroxyl groups is 1. The molecule has 2 aromatic rings. The number of carbonyl (C=O) groups is 1. The molecule has 1 aromatic carbocycles. The van der Waals surface area contributed by atoms with Gasteiger partial charge in [0, 0.05) is 0 Å². The molecule has 1 saturated heterocycles. The Kier molecular flexibility index (Phi) is 5.84. The molecule has 3 rings (SSSR count). The van der Waals surface area contributed by atoms with Crippen molar-refractivity contribution in [3.63, 3.8) is 0 Å². The van der Waals surface area contributed by atoms with Crippen LogP contribution in [0.2, 0.25) is 0 Å². The number of phenols is 1. The second-order valence-corrected chi connectivity index (χ2v) is 7.63. The van der Waals surface area contributed by atoms with Crippen molar-refractivity contribution >= 4 is 27.4 Å². The van der Waals surface area contributed by atoms with Crippen LogP contribution in [-0.2, 0) is 11.3 Å². The summed E-state index contributed by atoms with van der Waals surface area (Å²) in [5.41, 5.74) is 3.50. The van der Waals surface area contributed by atoms with Gasteiger partial charge in [0.1, 0.15) is 0 Å². The molecular weight excluding hydrogens is 395 g/mol. The summed E-state index contributed by atoms with van der Waals surface area (Å²) >= 11 is 1.40. The molecule has 1 aliphatic rings. The first kappa shape index (κ1) is 18.7. The van der Waals surface area contributed by atoms with E-state index in [1.165, 1.54) is 21.8 Å². The molecule has 6 nitrogen and oxygen atoms in total. The molecule has 0 bridgehead atoms. The van der Waals surface area contributed by atoms with E-state index in [2.05, 4.69) is 0 Å². The molecule has 2 heterocycles. The Bertz CT molecular complexity index is 812. The van der Waals surface area contributed by atoms with E-state index in [-0.39, 0.29) is 11.7 Å². The average molecular weight is 418 g/mol. The number of methoxy groups -OCH3 is 1. The molecule has 1 aromatic heterocycles. The Balaban J connectivity index is 2.06. The molecule has 2 N–H and O–H groups in total. The summed E-state index contributed by atoms with van der Waals surface area (Å²) in [7, 11) is 1.65. The van der Waals surface area contributed by atoms with Crippen LogP contribution in [0.4, 0.5) is 4.79 Å². The molecule has 0 saturated carbocycles. The van der Waals surface area contributed by atoms with Crippen molar-refractivity contribution in [1.29, 1.82) is 0 Å². The van der Waals surface area contributed by atoms with E-state index in [1.54, 1.807) is 19.2 Å². The second-order valence-electron chi connectivity index (χ2n) is 6.48. The summed E-state index contributed by atoms with van der Waals surface area (Å²) in [5.74, 6) is 0.292. The third-order valence-corrected chi connectivity index (χ3v) is 5.79. The van der Waals surface area contributed by atoms with Gasteiger partial charge in [0.15, 0.2) is 0 Å². The summed E-state index contributed by atoms with van der Waals surface area (Å²) < 4.78 is 6.28. The number of nitrogens with zero attached hydrogens (tertiary/aromatic N) is 2. The minimum atomic E-state index is -0.876. The maximum absolute atomic E-state index is 11.4. The van der Waals surface area contributed by atoms with E-state index in [1.807, 2.05) is 18.2 Å². The zero-order valence-electron chi connectivity index (χ0n) is 14.7. The van der Waals surface area contributed by atoms with Gasteiger partial charge in [0.05, 0.1) is 0 Å². The monoisotopic (exact) mass is 418 g/mol. The number of rotatable bonds is 4. The summed E-state index contributed by atoms with van der Waals surface area (Å²) in [5, 5.41) is 19.6. The molecule has 138 valence electrons. The molecule has 0 aliphatic carbocycles. The van der Waals surface area contributed by atoms with Gasteiger partial charge >= 0.3 is 161 Å². The Morgan fingerprint density at radius 2 is 2.19 bits per heavy atom. The van der Waals surface area contributed by atoms with Crippen molar-refractivity contribution < 1.29 is 19.7 Å². The molecular formula is C19H23AsN2O4. The van der Waals surface area contributed by atoms with Gasteiger partial charge in [0.2, 0.25) is 0 Å². The van der Waals surface area contributed by atoms with Gasteiger partial charge in [-0.2, -0.15) is 0 Å². The maximum atomic E-state index is 11.4. The standard InChI is InChI=1S/C19H23AsN2O4/c1-26-11-15-14(12-5-4-8-22(10-12)19(24)25)9-16(21-18(15)20)13-6-2-3-7-17(13)23/h2-3,6-7,9,12,23H,4-5,8,10-11,20H2,1H3,(H,24,25). The van der Waals surface area contributed by atoms with E-state index in [4.69, 9.17) is 9.72 Å². The Labute approximate surface area is 161 Å². The number of para-hydroxylation sites is 1. The number of benzene rings is 1. The first-order chi connectivity index (χ1) is 12.5.